The molecule has 1 fully saturated rings. The Bertz CT molecular complexity index is 347. The Kier molecular flexibility index (Phi) is 6.65. The first-order valence-electron chi connectivity index (χ1n) is 7.39. The van der Waals surface area contributed by atoms with Crippen molar-refractivity contribution in [3.05, 3.63) is 0 Å². The highest BCUT2D eigenvalue weighted by Crippen LogP contribution is 2.31. The van der Waals surface area contributed by atoms with Gasteiger partial charge in [-0.1, -0.05) is 33.6 Å². The molecule has 0 bridgehead atoms. The summed E-state index contributed by atoms with van der Waals surface area (Å²) in [5.74, 6) is -0.0167. The van der Waals surface area contributed by atoms with Crippen LogP contribution in [0.15, 0.2) is 0 Å². The average molecular weight is 302 g/mol. The molecule has 116 valence electrons. The zero-order chi connectivity index (χ0) is 15.3. The van der Waals surface area contributed by atoms with Crippen molar-refractivity contribution in [1.82, 2.24) is 10.2 Å². The molecule has 1 heterocycles. The summed E-state index contributed by atoms with van der Waals surface area (Å²) < 4.78 is 0. The number of carboxylic acid groups (broad SMARTS) is 1. The lowest BCUT2D eigenvalue weighted by Crippen LogP contribution is -2.53. The SMILES string of the molecule is CCC(CC)C(C)NC(=O)N1C(CC)SCC1C(=O)O. The molecule has 2 N–H and O–H groups in total. The Morgan fingerprint density at radius 1 is 1.35 bits per heavy atom. The number of carbonyl (C=O) groups is 2. The van der Waals surface area contributed by atoms with Crippen LogP contribution in [0, 0.1) is 5.92 Å². The van der Waals surface area contributed by atoms with E-state index in [1.807, 2.05) is 13.8 Å². The maximum Gasteiger partial charge on any atom is 0.327 e. The Morgan fingerprint density at radius 2 is 1.95 bits per heavy atom. The van der Waals surface area contributed by atoms with Crippen LogP contribution in [0.1, 0.15) is 47.0 Å². The molecule has 0 saturated carbocycles. The van der Waals surface area contributed by atoms with Crippen LogP contribution in [0.25, 0.3) is 0 Å². The zero-order valence-electron chi connectivity index (χ0n) is 12.8. The molecular weight excluding hydrogens is 276 g/mol. The summed E-state index contributed by atoms with van der Waals surface area (Å²) in [5, 5.41) is 12.2. The monoisotopic (exact) mass is 302 g/mol. The molecule has 1 aliphatic heterocycles. The molecule has 6 heteroatoms. The molecule has 1 aliphatic rings. The van der Waals surface area contributed by atoms with Gasteiger partial charge >= 0.3 is 12.0 Å². The molecule has 3 atom stereocenters. The van der Waals surface area contributed by atoms with Gasteiger partial charge in [0.2, 0.25) is 0 Å². The molecule has 0 radical (unpaired) electrons. The summed E-state index contributed by atoms with van der Waals surface area (Å²) in [6.07, 6.45) is 2.78. The third kappa shape index (κ3) is 3.81. The smallest absolute Gasteiger partial charge is 0.327 e. The Balaban J connectivity index is 2.74. The van der Waals surface area contributed by atoms with Gasteiger partial charge in [0.05, 0.1) is 5.37 Å². The van der Waals surface area contributed by atoms with Gasteiger partial charge in [-0.05, 0) is 19.3 Å². The second-order valence-electron chi connectivity index (χ2n) is 5.27. The second kappa shape index (κ2) is 7.76. The average Bonchev–Trinajstić information content (AvgIpc) is 2.83. The fraction of sp³-hybridized carbons (Fsp3) is 0.857. The molecule has 5 nitrogen and oxygen atoms in total. The lowest BCUT2D eigenvalue weighted by molar-refractivity contribution is -0.141. The maximum absolute atomic E-state index is 12.4. The highest BCUT2D eigenvalue weighted by atomic mass is 32.2. The fourth-order valence-corrected chi connectivity index (χ4v) is 4.07. The van der Waals surface area contributed by atoms with E-state index in [0.717, 1.165) is 19.3 Å². The van der Waals surface area contributed by atoms with E-state index in [4.69, 9.17) is 0 Å². The number of hydrogen-bond acceptors (Lipinski definition) is 3. The van der Waals surface area contributed by atoms with Crippen molar-refractivity contribution < 1.29 is 14.7 Å². The normalized spacial score (nSPS) is 23.9. The third-order valence-electron chi connectivity index (χ3n) is 4.07. The van der Waals surface area contributed by atoms with Gasteiger partial charge in [-0.25, -0.2) is 9.59 Å². The number of carboxylic acids is 1. The molecule has 1 saturated heterocycles. The standard InChI is InChI=1S/C14H26N2O3S/c1-5-10(6-2)9(4)15-14(19)16-11(13(17)18)8-20-12(16)7-3/h9-12H,5-8H2,1-4H3,(H,15,19)(H,17,18). The van der Waals surface area contributed by atoms with E-state index < -0.39 is 12.0 Å². The molecule has 0 aliphatic carbocycles. The Morgan fingerprint density at radius 3 is 2.40 bits per heavy atom. The van der Waals surface area contributed by atoms with Crippen molar-refractivity contribution in [2.45, 2.75) is 64.4 Å². The number of nitrogens with zero attached hydrogens (tertiary/aromatic N) is 1. The van der Waals surface area contributed by atoms with Crippen LogP contribution in [-0.2, 0) is 4.79 Å². The van der Waals surface area contributed by atoms with E-state index in [0.29, 0.717) is 11.7 Å². The summed E-state index contributed by atoms with van der Waals surface area (Å²) in [6.45, 7) is 8.19. The third-order valence-corrected chi connectivity index (χ3v) is 5.52. The predicted octanol–water partition coefficient (Wildman–Crippen LogP) is 2.76. The van der Waals surface area contributed by atoms with Gasteiger partial charge in [0.15, 0.2) is 0 Å². The molecule has 20 heavy (non-hydrogen) atoms. The molecular formula is C14H26N2O3S. The van der Waals surface area contributed by atoms with Gasteiger partial charge in [0, 0.05) is 11.8 Å². The number of aliphatic carboxylic acids is 1. The van der Waals surface area contributed by atoms with E-state index in [9.17, 15) is 14.7 Å². The van der Waals surface area contributed by atoms with Crippen LogP contribution >= 0.6 is 11.8 Å². The van der Waals surface area contributed by atoms with E-state index in [-0.39, 0.29) is 17.4 Å². The van der Waals surface area contributed by atoms with Gasteiger partial charge in [0.1, 0.15) is 6.04 Å². The molecule has 0 aromatic rings. The minimum absolute atomic E-state index is 0.0370. The van der Waals surface area contributed by atoms with Crippen LogP contribution in [0.2, 0.25) is 0 Å². The lowest BCUT2D eigenvalue weighted by Gasteiger charge is -2.30. The van der Waals surface area contributed by atoms with Crippen molar-refractivity contribution in [2.24, 2.45) is 5.92 Å². The van der Waals surface area contributed by atoms with E-state index in [1.54, 1.807) is 11.8 Å². The zero-order valence-corrected chi connectivity index (χ0v) is 13.6. The van der Waals surface area contributed by atoms with E-state index in [2.05, 4.69) is 19.2 Å². The minimum Gasteiger partial charge on any atom is -0.480 e. The summed E-state index contributed by atoms with van der Waals surface area (Å²) in [5.41, 5.74) is 0. The number of rotatable bonds is 6. The summed E-state index contributed by atoms with van der Waals surface area (Å²) in [6, 6.07) is -0.887. The highest BCUT2D eigenvalue weighted by Gasteiger charge is 2.41. The van der Waals surface area contributed by atoms with Gasteiger partial charge in [0.25, 0.3) is 0 Å². The molecule has 0 aromatic carbocycles. The van der Waals surface area contributed by atoms with Crippen LogP contribution in [0.3, 0.4) is 0 Å². The molecule has 0 aromatic heterocycles. The Hall–Kier alpha value is -0.910. The quantitative estimate of drug-likeness (QED) is 0.791. The number of thioether (sulfide) groups is 1. The number of urea groups is 1. The van der Waals surface area contributed by atoms with Crippen molar-refractivity contribution in [3.63, 3.8) is 0 Å². The highest BCUT2D eigenvalue weighted by molar-refractivity contribution is 8.00. The number of hydrogen-bond donors (Lipinski definition) is 2. The lowest BCUT2D eigenvalue weighted by atomic mass is 9.96. The molecule has 1 rings (SSSR count). The van der Waals surface area contributed by atoms with Gasteiger partial charge in [-0.2, -0.15) is 0 Å². The first kappa shape index (κ1) is 17.1. The second-order valence-corrected chi connectivity index (χ2v) is 6.48. The van der Waals surface area contributed by atoms with E-state index >= 15 is 0 Å². The van der Waals surface area contributed by atoms with Crippen molar-refractivity contribution >= 4 is 23.8 Å². The maximum atomic E-state index is 12.4. The number of nitrogens with one attached hydrogen (secondary N) is 1. The van der Waals surface area contributed by atoms with Crippen molar-refractivity contribution in [1.29, 1.82) is 0 Å². The first-order chi connectivity index (χ1) is 9.46. The summed E-state index contributed by atoms with van der Waals surface area (Å²) in [4.78, 5) is 25.2. The van der Waals surface area contributed by atoms with Crippen LogP contribution in [-0.4, -0.2) is 45.2 Å². The van der Waals surface area contributed by atoms with E-state index in [1.165, 1.54) is 4.90 Å². The van der Waals surface area contributed by atoms with Crippen LogP contribution in [0.4, 0.5) is 4.79 Å². The summed E-state index contributed by atoms with van der Waals surface area (Å²) >= 11 is 1.55. The topological polar surface area (TPSA) is 69.6 Å². The van der Waals surface area contributed by atoms with Gasteiger partial charge in [-0.15, -0.1) is 11.8 Å². The van der Waals surface area contributed by atoms with Gasteiger partial charge in [-0.3, -0.25) is 4.90 Å². The number of amides is 2. The fourth-order valence-electron chi connectivity index (χ4n) is 2.72. The van der Waals surface area contributed by atoms with Crippen molar-refractivity contribution in [3.8, 4) is 0 Å². The minimum atomic E-state index is -0.918. The Labute approximate surface area is 125 Å². The molecule has 0 spiro atoms. The van der Waals surface area contributed by atoms with Crippen LogP contribution < -0.4 is 5.32 Å². The number of carbonyl (C=O) groups excluding carboxylic acids is 1. The largest absolute Gasteiger partial charge is 0.480 e. The van der Waals surface area contributed by atoms with Crippen molar-refractivity contribution in [2.75, 3.05) is 5.75 Å². The summed E-state index contributed by atoms with van der Waals surface area (Å²) in [7, 11) is 0. The van der Waals surface area contributed by atoms with Gasteiger partial charge < -0.3 is 10.4 Å². The van der Waals surface area contributed by atoms with Crippen LogP contribution in [0.5, 0.6) is 0 Å². The first-order valence-corrected chi connectivity index (χ1v) is 8.44. The molecule has 3 unspecified atom stereocenters. The molecule has 2 amide bonds. The predicted molar refractivity (Wildman–Crippen MR) is 81.9 cm³/mol.